The zero-order chi connectivity index (χ0) is 13.8. The molecule has 20 heavy (non-hydrogen) atoms. The maximum atomic E-state index is 9.26. The van der Waals surface area contributed by atoms with Crippen LogP contribution >= 0.6 is 0 Å². The van der Waals surface area contributed by atoms with Gasteiger partial charge in [-0.3, -0.25) is 0 Å². The zero-order valence-electron chi connectivity index (χ0n) is 11.2. The van der Waals surface area contributed by atoms with Crippen LogP contribution in [0.25, 0.3) is 10.8 Å². The van der Waals surface area contributed by atoms with Gasteiger partial charge in [-0.2, -0.15) is 0 Å². The number of fused-ring (bicyclic) bond motifs is 1. The van der Waals surface area contributed by atoms with Gasteiger partial charge in [-0.15, -0.1) is 0 Å². The van der Waals surface area contributed by atoms with Crippen LogP contribution in [0.1, 0.15) is 11.1 Å². The summed E-state index contributed by atoms with van der Waals surface area (Å²) in [6.45, 7) is 1.63. The van der Waals surface area contributed by atoms with Crippen LogP contribution < -0.4 is 5.32 Å². The number of rotatable bonds is 4. The van der Waals surface area contributed by atoms with Crippen LogP contribution in [0.15, 0.2) is 66.7 Å². The highest BCUT2D eigenvalue weighted by atomic mass is 16.3. The van der Waals surface area contributed by atoms with E-state index < -0.39 is 0 Å². The van der Waals surface area contributed by atoms with Gasteiger partial charge in [-0.05, 0) is 34.0 Å². The monoisotopic (exact) mass is 263 g/mol. The van der Waals surface area contributed by atoms with Crippen LogP contribution in [0.2, 0.25) is 0 Å². The zero-order valence-corrected chi connectivity index (χ0v) is 11.2. The first kappa shape index (κ1) is 12.7. The van der Waals surface area contributed by atoms with Crippen LogP contribution in [0.5, 0.6) is 5.75 Å². The number of nitrogens with one attached hydrogen (secondary N) is 1. The molecule has 3 rings (SSSR count). The molecule has 0 radical (unpaired) electrons. The Kier molecular flexibility index (Phi) is 3.66. The molecule has 0 amide bonds. The lowest BCUT2D eigenvalue weighted by molar-refractivity contribution is 0.475. The molecule has 0 saturated heterocycles. The van der Waals surface area contributed by atoms with Crippen molar-refractivity contribution in [2.45, 2.75) is 13.1 Å². The van der Waals surface area contributed by atoms with Crippen molar-refractivity contribution in [1.82, 2.24) is 5.32 Å². The predicted octanol–water partition coefficient (Wildman–Crippen LogP) is 3.84. The molecule has 2 heteroatoms. The largest absolute Gasteiger partial charge is 0.508 e. The lowest BCUT2D eigenvalue weighted by atomic mass is 10.0. The molecule has 0 aliphatic carbocycles. The predicted molar refractivity (Wildman–Crippen MR) is 82.6 cm³/mol. The van der Waals surface area contributed by atoms with Crippen molar-refractivity contribution in [2.75, 3.05) is 0 Å². The third-order valence-electron chi connectivity index (χ3n) is 3.46. The molecule has 0 fully saturated rings. The fourth-order valence-electron chi connectivity index (χ4n) is 2.40. The van der Waals surface area contributed by atoms with Gasteiger partial charge in [-0.25, -0.2) is 0 Å². The standard InChI is InChI=1S/C18H17NO/c20-17-10-8-14(9-11-17)12-19-13-16-6-3-5-15-4-1-2-7-18(15)16/h1-11,19-20H,12-13H2. The molecule has 0 saturated carbocycles. The summed E-state index contributed by atoms with van der Waals surface area (Å²) in [7, 11) is 0. The molecule has 0 atom stereocenters. The molecule has 3 aromatic rings. The van der Waals surface area contributed by atoms with Crippen LogP contribution in [-0.4, -0.2) is 5.11 Å². The maximum absolute atomic E-state index is 9.26. The Morgan fingerprint density at radius 2 is 1.50 bits per heavy atom. The summed E-state index contributed by atoms with van der Waals surface area (Å²) in [6.07, 6.45) is 0. The van der Waals surface area contributed by atoms with Crippen molar-refractivity contribution in [3.8, 4) is 5.75 Å². The number of hydrogen-bond acceptors (Lipinski definition) is 2. The molecule has 3 aromatic carbocycles. The van der Waals surface area contributed by atoms with Crippen LogP contribution in [-0.2, 0) is 13.1 Å². The van der Waals surface area contributed by atoms with E-state index in [4.69, 9.17) is 0 Å². The van der Waals surface area contributed by atoms with Gasteiger partial charge in [-0.1, -0.05) is 54.6 Å². The number of hydrogen-bond donors (Lipinski definition) is 2. The first-order valence-corrected chi connectivity index (χ1v) is 6.78. The lowest BCUT2D eigenvalue weighted by Gasteiger charge is -2.08. The quantitative estimate of drug-likeness (QED) is 0.749. The van der Waals surface area contributed by atoms with Crippen molar-refractivity contribution in [3.05, 3.63) is 77.9 Å². The highest BCUT2D eigenvalue weighted by Crippen LogP contribution is 2.18. The average Bonchev–Trinajstić information content (AvgIpc) is 2.49. The minimum absolute atomic E-state index is 0.308. The van der Waals surface area contributed by atoms with Gasteiger partial charge in [0.15, 0.2) is 0 Å². The van der Waals surface area contributed by atoms with Gasteiger partial charge >= 0.3 is 0 Å². The van der Waals surface area contributed by atoms with Gasteiger partial charge in [0.1, 0.15) is 5.75 Å². The van der Waals surface area contributed by atoms with Gasteiger partial charge in [0.05, 0.1) is 0 Å². The second-order valence-electron chi connectivity index (χ2n) is 4.91. The summed E-state index contributed by atoms with van der Waals surface area (Å²) in [5, 5.41) is 15.3. The van der Waals surface area contributed by atoms with E-state index in [0.717, 1.165) is 13.1 Å². The van der Waals surface area contributed by atoms with Crippen molar-refractivity contribution in [2.24, 2.45) is 0 Å². The molecule has 0 unspecified atom stereocenters. The molecule has 2 nitrogen and oxygen atoms in total. The Hall–Kier alpha value is -2.32. The molecule has 0 spiro atoms. The number of aromatic hydroxyl groups is 1. The first-order chi connectivity index (χ1) is 9.83. The molecular weight excluding hydrogens is 246 g/mol. The van der Waals surface area contributed by atoms with E-state index in [9.17, 15) is 5.11 Å². The van der Waals surface area contributed by atoms with Crippen LogP contribution in [0, 0.1) is 0 Å². The summed E-state index contributed by atoms with van der Waals surface area (Å²) in [5.41, 5.74) is 2.48. The molecule has 0 aliphatic heterocycles. The van der Waals surface area contributed by atoms with Gasteiger partial charge in [0.25, 0.3) is 0 Å². The molecular formula is C18H17NO. The summed E-state index contributed by atoms with van der Waals surface area (Å²) in [4.78, 5) is 0. The second kappa shape index (κ2) is 5.76. The normalized spacial score (nSPS) is 10.8. The topological polar surface area (TPSA) is 32.3 Å². The SMILES string of the molecule is Oc1ccc(CNCc2cccc3ccccc23)cc1. The van der Waals surface area contributed by atoms with Crippen molar-refractivity contribution < 1.29 is 5.11 Å². The van der Waals surface area contributed by atoms with E-state index in [1.165, 1.54) is 21.9 Å². The second-order valence-corrected chi connectivity index (χ2v) is 4.91. The molecule has 0 heterocycles. The smallest absolute Gasteiger partial charge is 0.115 e. The summed E-state index contributed by atoms with van der Waals surface area (Å²) < 4.78 is 0. The highest BCUT2D eigenvalue weighted by molar-refractivity contribution is 5.85. The van der Waals surface area contributed by atoms with E-state index >= 15 is 0 Å². The molecule has 0 bridgehead atoms. The minimum Gasteiger partial charge on any atom is -0.508 e. The minimum atomic E-state index is 0.308. The van der Waals surface area contributed by atoms with Gasteiger partial charge in [0, 0.05) is 13.1 Å². The molecule has 2 N–H and O–H groups in total. The molecule has 0 aliphatic rings. The van der Waals surface area contributed by atoms with Crippen molar-refractivity contribution in [3.63, 3.8) is 0 Å². The van der Waals surface area contributed by atoms with Crippen molar-refractivity contribution in [1.29, 1.82) is 0 Å². The Labute approximate surface area is 118 Å². The summed E-state index contributed by atoms with van der Waals surface area (Å²) in [6, 6.07) is 22.1. The Morgan fingerprint density at radius 3 is 2.35 bits per heavy atom. The van der Waals surface area contributed by atoms with Crippen LogP contribution in [0.4, 0.5) is 0 Å². The maximum Gasteiger partial charge on any atom is 0.115 e. The number of benzene rings is 3. The Bertz CT molecular complexity index is 699. The van der Waals surface area contributed by atoms with E-state index in [1.54, 1.807) is 12.1 Å². The fraction of sp³-hybridized carbons (Fsp3) is 0.111. The highest BCUT2D eigenvalue weighted by Gasteiger charge is 2.00. The fourth-order valence-corrected chi connectivity index (χ4v) is 2.40. The van der Waals surface area contributed by atoms with Gasteiger partial charge < -0.3 is 10.4 Å². The van der Waals surface area contributed by atoms with Crippen molar-refractivity contribution >= 4 is 10.8 Å². The van der Waals surface area contributed by atoms with Crippen LogP contribution in [0.3, 0.4) is 0 Å². The lowest BCUT2D eigenvalue weighted by Crippen LogP contribution is -2.12. The third kappa shape index (κ3) is 2.81. The number of phenols is 1. The van der Waals surface area contributed by atoms with E-state index in [1.807, 2.05) is 12.1 Å². The summed E-state index contributed by atoms with van der Waals surface area (Å²) >= 11 is 0. The first-order valence-electron chi connectivity index (χ1n) is 6.78. The van der Waals surface area contributed by atoms with E-state index in [2.05, 4.69) is 47.8 Å². The van der Waals surface area contributed by atoms with E-state index in [-0.39, 0.29) is 0 Å². The Morgan fingerprint density at radius 1 is 0.750 bits per heavy atom. The van der Waals surface area contributed by atoms with E-state index in [0.29, 0.717) is 5.75 Å². The number of phenolic OH excluding ortho intramolecular Hbond substituents is 1. The average molecular weight is 263 g/mol. The molecule has 0 aromatic heterocycles. The summed E-state index contributed by atoms with van der Waals surface area (Å²) in [5.74, 6) is 0.308. The third-order valence-corrected chi connectivity index (χ3v) is 3.46. The Balaban J connectivity index is 1.69. The molecule has 100 valence electrons. The van der Waals surface area contributed by atoms with Gasteiger partial charge in [0.2, 0.25) is 0 Å².